The van der Waals surface area contributed by atoms with Crippen LogP contribution >= 0.6 is 0 Å². The Bertz CT molecular complexity index is 323. The highest BCUT2D eigenvalue weighted by Crippen LogP contribution is 2.21. The van der Waals surface area contributed by atoms with Crippen LogP contribution in [0.25, 0.3) is 0 Å². The van der Waals surface area contributed by atoms with Crippen LogP contribution in [0.15, 0.2) is 18.2 Å². The van der Waals surface area contributed by atoms with Crippen LogP contribution in [-0.4, -0.2) is 31.5 Å². The number of aliphatic hydroxyl groups excluding tert-OH is 1. The van der Waals surface area contributed by atoms with Gasteiger partial charge in [-0.05, 0) is 31.0 Å². The van der Waals surface area contributed by atoms with E-state index >= 15 is 0 Å². The molecule has 0 aromatic heterocycles. The van der Waals surface area contributed by atoms with Crippen molar-refractivity contribution in [1.29, 1.82) is 0 Å². The topological polar surface area (TPSA) is 67.5 Å². The van der Waals surface area contributed by atoms with Gasteiger partial charge in [-0.25, -0.2) is 0 Å². The molecule has 1 aromatic rings. The normalized spacial score (nSPS) is 12.4. The van der Waals surface area contributed by atoms with E-state index in [1.54, 1.807) is 7.11 Å². The number of rotatable bonds is 6. The van der Waals surface area contributed by atoms with Crippen molar-refractivity contribution in [2.75, 3.05) is 31.4 Å². The predicted molar refractivity (Wildman–Crippen MR) is 66.6 cm³/mol. The largest absolute Gasteiger partial charge is 0.397 e. The first-order chi connectivity index (χ1) is 7.67. The number of nitrogen functional groups attached to an aromatic ring is 1. The van der Waals surface area contributed by atoms with E-state index in [-0.39, 0.29) is 12.6 Å². The summed E-state index contributed by atoms with van der Waals surface area (Å²) in [5.41, 5.74) is 8.63. The number of methoxy groups -OCH3 is 1. The molecule has 0 radical (unpaired) electrons. The second kappa shape index (κ2) is 6.35. The van der Waals surface area contributed by atoms with E-state index in [0.717, 1.165) is 11.3 Å². The van der Waals surface area contributed by atoms with E-state index in [9.17, 15) is 0 Å². The van der Waals surface area contributed by atoms with Crippen molar-refractivity contribution in [3.8, 4) is 0 Å². The number of ether oxygens (including phenoxy) is 1. The van der Waals surface area contributed by atoms with Crippen molar-refractivity contribution in [3.05, 3.63) is 23.8 Å². The molecule has 4 heteroatoms. The van der Waals surface area contributed by atoms with Gasteiger partial charge >= 0.3 is 0 Å². The molecule has 4 N–H and O–H groups in total. The second-order valence-corrected chi connectivity index (χ2v) is 3.90. The number of hydrogen-bond acceptors (Lipinski definition) is 4. The lowest BCUT2D eigenvalue weighted by Crippen LogP contribution is -2.26. The van der Waals surface area contributed by atoms with Crippen molar-refractivity contribution in [2.24, 2.45) is 0 Å². The van der Waals surface area contributed by atoms with Crippen LogP contribution < -0.4 is 11.1 Å². The number of aliphatic hydroxyl groups is 1. The van der Waals surface area contributed by atoms with Gasteiger partial charge < -0.3 is 20.9 Å². The molecule has 0 heterocycles. The van der Waals surface area contributed by atoms with Gasteiger partial charge in [0.25, 0.3) is 0 Å². The summed E-state index contributed by atoms with van der Waals surface area (Å²) in [6, 6.07) is 5.92. The lowest BCUT2D eigenvalue weighted by Gasteiger charge is -2.19. The molecule has 1 atom stereocenters. The van der Waals surface area contributed by atoms with Crippen molar-refractivity contribution in [2.45, 2.75) is 19.4 Å². The van der Waals surface area contributed by atoms with Gasteiger partial charge in [-0.2, -0.15) is 0 Å². The van der Waals surface area contributed by atoms with Crippen LogP contribution in [0.4, 0.5) is 11.4 Å². The third-order valence-electron chi connectivity index (χ3n) is 2.41. The van der Waals surface area contributed by atoms with Gasteiger partial charge in [0.15, 0.2) is 0 Å². The number of nitrogens with one attached hydrogen (secondary N) is 1. The van der Waals surface area contributed by atoms with Gasteiger partial charge in [0.05, 0.1) is 24.0 Å². The average molecular weight is 224 g/mol. The first-order valence-electron chi connectivity index (χ1n) is 5.40. The molecule has 4 nitrogen and oxygen atoms in total. The number of hydrogen-bond donors (Lipinski definition) is 3. The van der Waals surface area contributed by atoms with Gasteiger partial charge in [0, 0.05) is 13.7 Å². The molecule has 0 aliphatic carbocycles. The molecule has 1 aromatic carbocycles. The molecule has 16 heavy (non-hydrogen) atoms. The van der Waals surface area contributed by atoms with Crippen molar-refractivity contribution >= 4 is 11.4 Å². The zero-order chi connectivity index (χ0) is 12.0. The highest BCUT2D eigenvalue weighted by molar-refractivity contribution is 5.67. The fraction of sp³-hybridized carbons (Fsp3) is 0.500. The van der Waals surface area contributed by atoms with Gasteiger partial charge in [-0.3, -0.25) is 0 Å². The van der Waals surface area contributed by atoms with Gasteiger partial charge in [0.2, 0.25) is 0 Å². The summed E-state index contributed by atoms with van der Waals surface area (Å²) in [4.78, 5) is 0. The number of benzene rings is 1. The Labute approximate surface area is 96.4 Å². The zero-order valence-corrected chi connectivity index (χ0v) is 9.86. The van der Waals surface area contributed by atoms with Crippen LogP contribution in [0, 0.1) is 6.92 Å². The summed E-state index contributed by atoms with van der Waals surface area (Å²) in [7, 11) is 1.64. The molecule has 0 aliphatic heterocycles. The molecule has 0 fully saturated rings. The molecule has 0 amide bonds. The maximum Gasteiger partial charge on any atom is 0.0664 e. The maximum atomic E-state index is 8.94. The fourth-order valence-electron chi connectivity index (χ4n) is 1.57. The summed E-state index contributed by atoms with van der Waals surface area (Å²) in [5.74, 6) is 0. The SMILES string of the molecule is COCC(CCO)Nc1cc(C)ccc1N. The molecule has 1 rings (SSSR count). The smallest absolute Gasteiger partial charge is 0.0664 e. The lowest BCUT2D eigenvalue weighted by molar-refractivity contribution is 0.170. The number of nitrogens with two attached hydrogens (primary N) is 1. The molecule has 0 bridgehead atoms. The summed E-state index contributed by atoms with van der Waals surface area (Å²) in [6.45, 7) is 2.70. The van der Waals surface area contributed by atoms with Gasteiger partial charge in [-0.1, -0.05) is 6.07 Å². The van der Waals surface area contributed by atoms with Crippen LogP contribution in [0.1, 0.15) is 12.0 Å². The Hall–Kier alpha value is -1.26. The van der Waals surface area contributed by atoms with E-state index in [0.29, 0.717) is 18.7 Å². The standard InChI is InChI=1S/C12H20N2O2/c1-9-3-4-11(13)12(7-9)14-10(5-6-15)8-16-2/h3-4,7,10,14-15H,5-6,8,13H2,1-2H3. The second-order valence-electron chi connectivity index (χ2n) is 3.90. The predicted octanol–water partition coefficient (Wildman–Crippen LogP) is 1.39. The Morgan fingerprint density at radius 1 is 1.50 bits per heavy atom. The molecule has 0 saturated carbocycles. The monoisotopic (exact) mass is 224 g/mol. The lowest BCUT2D eigenvalue weighted by atomic mass is 10.1. The number of aryl methyl sites for hydroxylation is 1. The van der Waals surface area contributed by atoms with Crippen molar-refractivity contribution in [1.82, 2.24) is 0 Å². The number of anilines is 2. The first-order valence-corrected chi connectivity index (χ1v) is 5.40. The Morgan fingerprint density at radius 3 is 2.88 bits per heavy atom. The average Bonchev–Trinajstić information content (AvgIpc) is 2.24. The van der Waals surface area contributed by atoms with Crippen LogP contribution in [-0.2, 0) is 4.74 Å². The molecule has 0 aliphatic rings. The first kappa shape index (κ1) is 12.8. The minimum atomic E-state index is 0.0825. The highest BCUT2D eigenvalue weighted by atomic mass is 16.5. The third kappa shape index (κ3) is 3.72. The van der Waals surface area contributed by atoms with Crippen molar-refractivity contribution in [3.63, 3.8) is 0 Å². The fourth-order valence-corrected chi connectivity index (χ4v) is 1.57. The Balaban J connectivity index is 2.71. The Morgan fingerprint density at radius 2 is 2.25 bits per heavy atom. The minimum Gasteiger partial charge on any atom is -0.397 e. The quantitative estimate of drug-likeness (QED) is 0.639. The minimum absolute atomic E-state index is 0.0825. The summed E-state index contributed by atoms with van der Waals surface area (Å²) in [5, 5.41) is 12.2. The van der Waals surface area contributed by atoms with Crippen LogP contribution in [0.3, 0.4) is 0 Å². The van der Waals surface area contributed by atoms with Gasteiger partial charge in [0.1, 0.15) is 0 Å². The molecular weight excluding hydrogens is 204 g/mol. The van der Waals surface area contributed by atoms with E-state index in [4.69, 9.17) is 15.6 Å². The van der Waals surface area contributed by atoms with E-state index in [1.165, 1.54) is 0 Å². The molecule has 1 unspecified atom stereocenters. The summed E-state index contributed by atoms with van der Waals surface area (Å²) >= 11 is 0. The highest BCUT2D eigenvalue weighted by Gasteiger charge is 2.09. The third-order valence-corrected chi connectivity index (χ3v) is 2.41. The van der Waals surface area contributed by atoms with Gasteiger partial charge in [-0.15, -0.1) is 0 Å². The molecule has 90 valence electrons. The molecule has 0 spiro atoms. The molecular formula is C12H20N2O2. The molecule has 0 saturated heterocycles. The van der Waals surface area contributed by atoms with Crippen LogP contribution in [0.2, 0.25) is 0 Å². The van der Waals surface area contributed by atoms with E-state index < -0.39 is 0 Å². The summed E-state index contributed by atoms with van der Waals surface area (Å²) in [6.07, 6.45) is 0.640. The Kier molecular flexibility index (Phi) is 5.08. The van der Waals surface area contributed by atoms with Crippen molar-refractivity contribution < 1.29 is 9.84 Å². The summed E-state index contributed by atoms with van der Waals surface area (Å²) < 4.78 is 5.08. The van der Waals surface area contributed by atoms with Crippen LogP contribution in [0.5, 0.6) is 0 Å². The maximum absolute atomic E-state index is 8.94. The van der Waals surface area contributed by atoms with E-state index in [1.807, 2.05) is 25.1 Å². The van der Waals surface area contributed by atoms with E-state index in [2.05, 4.69) is 5.32 Å². The zero-order valence-electron chi connectivity index (χ0n) is 9.86.